The molecule has 0 aliphatic carbocycles. The van der Waals surface area contributed by atoms with Gasteiger partial charge in [0.2, 0.25) is 17.7 Å². The van der Waals surface area contributed by atoms with Crippen molar-refractivity contribution in [2.24, 2.45) is 17.6 Å². The minimum atomic E-state index is -1.15. The molecule has 0 aromatic heterocycles. The predicted molar refractivity (Wildman–Crippen MR) is 262 cm³/mol. The van der Waals surface area contributed by atoms with Crippen LogP contribution in [0.15, 0.2) is 36.4 Å². The molecular weight excluding hydrogens is 968 g/mol. The van der Waals surface area contributed by atoms with Crippen LogP contribution in [-0.2, 0) is 18.7 Å². The first kappa shape index (κ1) is 55.5. The van der Waals surface area contributed by atoms with Crippen molar-refractivity contribution in [3.63, 3.8) is 0 Å². The highest BCUT2D eigenvalue weighted by molar-refractivity contribution is 6.35. The molecule has 0 spiro atoms. The van der Waals surface area contributed by atoms with Crippen molar-refractivity contribution >= 4 is 99.3 Å². The highest BCUT2D eigenvalue weighted by atomic mass is 35.5. The summed E-state index contributed by atoms with van der Waals surface area (Å²) in [6.07, 6.45) is 7.29. The van der Waals surface area contributed by atoms with Crippen LogP contribution in [0.2, 0.25) is 15.1 Å². The Labute approximate surface area is 415 Å². The standard InChI is InChI=1S/C18H24ClN3O3.C10H9Cl2NO4.C10H10ClNO4.C8H16N2/c1-11(23)20-16-9-17(25-2)13(8-14(16)19)18(24)21-15-5-7-22-6-3-4-12(15)10-22;1-5(14)13-8-4-9(16-2)6(3-7(8)11)10(15)17-12;1-5(13)12-8-4-9(16-2)6(10(14)15)3-7(8)11;9-8-3-5-10-4-1-2-7(8)6-10/h8-9,12,15H,3-7,10H2,1-2H3,(H,20,23)(H,21,24);3-4H,1-2H3,(H,13,14);3-4H,1-2H3,(H,12,13)(H,14,15);7-8H,1-6,9H2. The van der Waals surface area contributed by atoms with E-state index < -0.39 is 11.9 Å². The van der Waals surface area contributed by atoms with Crippen LogP contribution in [0.4, 0.5) is 17.1 Å². The van der Waals surface area contributed by atoms with Crippen LogP contribution in [-0.4, -0.2) is 123 Å². The molecule has 7 rings (SSSR count). The van der Waals surface area contributed by atoms with Gasteiger partial charge in [-0.25, -0.2) is 9.59 Å². The number of hydrogen-bond acceptors (Lipinski definition) is 13. The second kappa shape index (κ2) is 26.6. The van der Waals surface area contributed by atoms with Gasteiger partial charge in [0.1, 0.15) is 40.2 Å². The maximum atomic E-state index is 12.8. The van der Waals surface area contributed by atoms with Crippen molar-refractivity contribution in [2.75, 3.05) is 76.5 Å². The number of benzene rings is 3. The third-order valence-corrected chi connectivity index (χ3v) is 12.8. The number of hydrogen-bond donors (Lipinski definition) is 6. The average molecular weight is 1030 g/mol. The van der Waals surface area contributed by atoms with Gasteiger partial charge in [0.15, 0.2) is 0 Å². The molecule has 372 valence electrons. The smallest absolute Gasteiger partial charge is 0.360 e. The van der Waals surface area contributed by atoms with Gasteiger partial charge in [-0.15, -0.1) is 0 Å². The molecule has 18 nitrogen and oxygen atoms in total. The molecule has 3 aromatic rings. The molecular formula is C46H59Cl4N7O11. The first-order chi connectivity index (χ1) is 32.3. The quantitative estimate of drug-likeness (QED) is 0.115. The average Bonchev–Trinajstić information content (AvgIpc) is 3.30. The molecule has 4 fully saturated rings. The van der Waals surface area contributed by atoms with Gasteiger partial charge >= 0.3 is 11.9 Å². The fourth-order valence-electron chi connectivity index (χ4n) is 8.40. The number of nitrogens with one attached hydrogen (secondary N) is 4. The van der Waals surface area contributed by atoms with Crippen LogP contribution >= 0.6 is 46.7 Å². The van der Waals surface area contributed by atoms with Crippen LogP contribution in [0.5, 0.6) is 17.2 Å². The Morgan fingerprint density at radius 3 is 1.46 bits per heavy atom. The lowest BCUT2D eigenvalue weighted by Crippen LogP contribution is -2.53. The third-order valence-electron chi connectivity index (χ3n) is 11.7. The van der Waals surface area contributed by atoms with Crippen molar-refractivity contribution in [2.45, 2.75) is 71.4 Å². The number of methoxy groups -OCH3 is 3. The van der Waals surface area contributed by atoms with Crippen molar-refractivity contribution in [1.82, 2.24) is 15.1 Å². The Morgan fingerprint density at radius 2 is 1.01 bits per heavy atom. The molecule has 4 heterocycles. The van der Waals surface area contributed by atoms with E-state index in [1.165, 1.54) is 118 Å². The summed E-state index contributed by atoms with van der Waals surface area (Å²) >= 11 is 22.9. The van der Waals surface area contributed by atoms with Gasteiger partial charge in [-0.3, -0.25) is 19.2 Å². The number of aromatic carboxylic acids is 1. The number of nitrogens with zero attached hydrogens (tertiary/aromatic N) is 2. The Hall–Kier alpha value is -5.08. The number of amides is 4. The zero-order chi connectivity index (χ0) is 50.2. The van der Waals surface area contributed by atoms with Gasteiger partial charge in [0.25, 0.3) is 5.91 Å². The predicted octanol–water partition coefficient (Wildman–Crippen LogP) is 7.57. The summed E-state index contributed by atoms with van der Waals surface area (Å²) in [5.74, 6) is -0.880. The van der Waals surface area contributed by atoms with Crippen molar-refractivity contribution in [1.29, 1.82) is 0 Å². The molecule has 6 atom stereocenters. The van der Waals surface area contributed by atoms with E-state index in [1.807, 2.05) is 0 Å². The molecule has 4 bridgehead atoms. The number of carboxylic acid groups (broad SMARTS) is 1. The summed E-state index contributed by atoms with van der Waals surface area (Å²) in [5.41, 5.74) is 7.45. The number of ether oxygens (including phenoxy) is 3. The zero-order valence-corrected chi connectivity index (χ0v) is 41.8. The van der Waals surface area contributed by atoms with E-state index in [4.69, 9.17) is 71.7 Å². The van der Waals surface area contributed by atoms with E-state index in [0.717, 1.165) is 31.8 Å². The summed E-state index contributed by atoms with van der Waals surface area (Å²) in [7, 11) is 4.20. The number of carbonyl (C=O) groups is 6. The van der Waals surface area contributed by atoms with E-state index in [1.54, 1.807) is 12.1 Å². The monoisotopic (exact) mass is 1030 g/mol. The van der Waals surface area contributed by atoms with Gasteiger partial charge in [-0.1, -0.05) is 34.8 Å². The normalized spacial score (nSPS) is 20.9. The minimum absolute atomic E-state index is 0.0541. The number of carbonyl (C=O) groups excluding carboxylic acids is 5. The Balaban J connectivity index is 0.000000207. The summed E-state index contributed by atoms with van der Waals surface area (Å²) in [5, 5.41) is 20.3. The largest absolute Gasteiger partial charge is 0.496 e. The fraction of sp³-hybridized carbons (Fsp3) is 0.478. The summed E-state index contributed by atoms with van der Waals surface area (Å²) < 4.78 is 19.3. The zero-order valence-electron chi connectivity index (χ0n) is 38.8. The Kier molecular flexibility index (Phi) is 21.7. The van der Waals surface area contributed by atoms with Gasteiger partial charge in [0.05, 0.1) is 59.0 Å². The maximum Gasteiger partial charge on any atom is 0.360 e. The van der Waals surface area contributed by atoms with Gasteiger partial charge in [-0.2, -0.15) is 0 Å². The van der Waals surface area contributed by atoms with Gasteiger partial charge < -0.3 is 60.4 Å². The lowest BCUT2D eigenvalue weighted by atomic mass is 9.85. The van der Waals surface area contributed by atoms with Crippen molar-refractivity contribution in [3.8, 4) is 17.2 Å². The number of nitrogens with two attached hydrogens (primary N) is 1. The van der Waals surface area contributed by atoms with Crippen LogP contribution < -0.4 is 41.2 Å². The molecule has 0 radical (unpaired) electrons. The topological polar surface area (TPSA) is 240 Å². The first-order valence-electron chi connectivity index (χ1n) is 21.8. The number of halogens is 4. The second-order valence-electron chi connectivity index (χ2n) is 16.5. The van der Waals surface area contributed by atoms with E-state index in [0.29, 0.717) is 45.4 Å². The van der Waals surface area contributed by atoms with E-state index in [2.05, 4.69) is 35.4 Å². The van der Waals surface area contributed by atoms with E-state index in [-0.39, 0.29) is 62.3 Å². The summed E-state index contributed by atoms with van der Waals surface area (Å²) in [6, 6.07) is 9.14. The first-order valence-corrected chi connectivity index (χ1v) is 23.3. The number of fused-ring (bicyclic) bond motifs is 4. The van der Waals surface area contributed by atoms with E-state index >= 15 is 0 Å². The molecule has 6 unspecified atom stereocenters. The van der Waals surface area contributed by atoms with Crippen molar-refractivity contribution in [3.05, 3.63) is 68.2 Å². The number of carboxylic acids is 1. The molecule has 4 aliphatic rings. The molecule has 68 heavy (non-hydrogen) atoms. The number of piperidine rings is 4. The Morgan fingerprint density at radius 1 is 0.603 bits per heavy atom. The van der Waals surface area contributed by atoms with Crippen LogP contribution in [0.3, 0.4) is 0 Å². The van der Waals surface area contributed by atoms with Gasteiger partial charge in [-0.05, 0) is 88.2 Å². The van der Waals surface area contributed by atoms with Gasteiger partial charge in [0, 0.05) is 70.7 Å². The summed E-state index contributed by atoms with van der Waals surface area (Å²) in [6.45, 7) is 11.2. The highest BCUT2D eigenvalue weighted by Crippen LogP contribution is 2.34. The molecule has 3 aromatic carbocycles. The van der Waals surface area contributed by atoms with Crippen LogP contribution in [0.25, 0.3) is 0 Å². The molecule has 4 saturated heterocycles. The lowest BCUT2D eigenvalue weighted by Gasteiger charge is -2.42. The number of rotatable bonds is 10. The lowest BCUT2D eigenvalue weighted by molar-refractivity contribution is -0.115. The SMILES string of the molecule is COc1cc(NC(C)=O)c(Cl)cc1C(=O)NC1CCN2CCCC1C2.COc1cc(NC(C)=O)c(Cl)cc1C(=O)O.COc1cc(NC(C)=O)c(Cl)cc1C(=O)OCl.NC1CCN2CCCC1C2. The molecule has 4 amide bonds. The third kappa shape index (κ3) is 16.0. The number of anilines is 3. The fourth-order valence-corrected chi connectivity index (χ4v) is 9.11. The maximum absolute atomic E-state index is 12.8. The molecule has 4 aliphatic heterocycles. The van der Waals surface area contributed by atoms with Crippen LogP contribution in [0, 0.1) is 11.8 Å². The summed E-state index contributed by atoms with van der Waals surface area (Å²) in [4.78, 5) is 73.0. The molecule has 0 saturated carbocycles. The molecule has 22 heteroatoms. The highest BCUT2D eigenvalue weighted by Gasteiger charge is 2.34. The van der Waals surface area contributed by atoms with Crippen LogP contribution in [0.1, 0.15) is 90.4 Å². The van der Waals surface area contributed by atoms with E-state index in [9.17, 15) is 28.8 Å². The minimum Gasteiger partial charge on any atom is -0.496 e. The second-order valence-corrected chi connectivity index (χ2v) is 17.9. The Bertz CT molecular complexity index is 2300. The molecule has 7 N–H and O–H groups in total. The van der Waals surface area contributed by atoms with Crippen molar-refractivity contribution < 1.29 is 52.4 Å².